The SMILES string of the molecule is COC(=O)c1nc(-c2cccc(C#C[C@]3(O)CCN(C)C3=O)c2)nc(-n2cccn2)c1N. The molecule has 162 valence electrons. The van der Waals surface area contributed by atoms with E-state index in [0.717, 1.165) is 0 Å². The highest BCUT2D eigenvalue weighted by Gasteiger charge is 2.42. The molecule has 10 heteroatoms. The van der Waals surface area contributed by atoms with Crippen LogP contribution < -0.4 is 5.73 Å². The Morgan fingerprint density at radius 3 is 2.78 bits per heavy atom. The molecule has 0 bridgehead atoms. The lowest BCUT2D eigenvalue weighted by Crippen LogP contribution is -2.37. The second kappa shape index (κ2) is 8.13. The van der Waals surface area contributed by atoms with E-state index in [4.69, 9.17) is 10.5 Å². The van der Waals surface area contributed by atoms with Crippen molar-refractivity contribution in [1.29, 1.82) is 0 Å². The van der Waals surface area contributed by atoms with Gasteiger partial charge in [-0.1, -0.05) is 24.0 Å². The van der Waals surface area contributed by atoms with E-state index in [0.29, 0.717) is 17.7 Å². The number of rotatable bonds is 3. The molecule has 1 amide bonds. The van der Waals surface area contributed by atoms with Crippen LogP contribution in [0.5, 0.6) is 0 Å². The summed E-state index contributed by atoms with van der Waals surface area (Å²) >= 11 is 0. The van der Waals surface area contributed by atoms with E-state index < -0.39 is 17.5 Å². The van der Waals surface area contributed by atoms with E-state index in [9.17, 15) is 14.7 Å². The topological polar surface area (TPSA) is 136 Å². The average Bonchev–Trinajstić information content (AvgIpc) is 3.43. The summed E-state index contributed by atoms with van der Waals surface area (Å²) in [6.45, 7) is 0.440. The van der Waals surface area contributed by atoms with Crippen LogP contribution in [0.3, 0.4) is 0 Å². The second-order valence-electron chi connectivity index (χ2n) is 7.24. The predicted molar refractivity (Wildman–Crippen MR) is 114 cm³/mol. The summed E-state index contributed by atoms with van der Waals surface area (Å²) in [6, 6.07) is 8.60. The lowest BCUT2D eigenvalue weighted by Gasteiger charge is -2.13. The van der Waals surface area contributed by atoms with Gasteiger partial charge in [-0.2, -0.15) is 5.10 Å². The molecule has 1 saturated heterocycles. The number of ether oxygens (including phenoxy) is 1. The summed E-state index contributed by atoms with van der Waals surface area (Å²) in [5.41, 5.74) is 5.45. The smallest absolute Gasteiger partial charge is 0.359 e. The van der Waals surface area contributed by atoms with E-state index in [1.54, 1.807) is 49.8 Å². The number of aliphatic hydroxyl groups is 1. The third-order valence-electron chi connectivity index (χ3n) is 5.07. The number of nitrogens with two attached hydrogens (primary N) is 1. The second-order valence-corrected chi connectivity index (χ2v) is 7.24. The number of amides is 1. The minimum atomic E-state index is -1.70. The Kier molecular flexibility index (Phi) is 5.34. The van der Waals surface area contributed by atoms with Gasteiger partial charge in [0, 0.05) is 43.5 Å². The molecule has 1 aliphatic heterocycles. The number of carbonyl (C=O) groups excluding carboxylic acids is 2. The first kappa shape index (κ1) is 21.0. The van der Waals surface area contributed by atoms with E-state index in [1.807, 2.05) is 0 Å². The molecule has 1 atom stereocenters. The molecule has 4 rings (SSSR count). The van der Waals surface area contributed by atoms with Crippen LogP contribution in [0.1, 0.15) is 22.5 Å². The lowest BCUT2D eigenvalue weighted by molar-refractivity contribution is -0.137. The molecule has 3 N–H and O–H groups in total. The number of likely N-dealkylation sites (tertiary alicyclic amines) is 1. The van der Waals surface area contributed by atoms with Gasteiger partial charge in [-0.05, 0) is 18.2 Å². The molecule has 1 aliphatic rings. The van der Waals surface area contributed by atoms with Crippen LogP contribution in [0.2, 0.25) is 0 Å². The highest BCUT2D eigenvalue weighted by molar-refractivity contribution is 5.95. The number of hydrogen-bond donors (Lipinski definition) is 2. The third-order valence-corrected chi connectivity index (χ3v) is 5.07. The van der Waals surface area contributed by atoms with Crippen LogP contribution in [0.25, 0.3) is 17.2 Å². The Bertz CT molecular complexity index is 1260. The summed E-state index contributed by atoms with van der Waals surface area (Å²) in [4.78, 5) is 34.6. The van der Waals surface area contributed by atoms with Gasteiger partial charge < -0.3 is 20.5 Å². The lowest BCUT2D eigenvalue weighted by atomic mass is 10.0. The maximum absolute atomic E-state index is 12.2. The number of nitrogen functional groups attached to an aromatic ring is 1. The molecule has 1 aromatic carbocycles. The van der Waals surface area contributed by atoms with E-state index >= 15 is 0 Å². The Balaban J connectivity index is 1.77. The van der Waals surface area contributed by atoms with Crippen molar-refractivity contribution in [2.45, 2.75) is 12.0 Å². The molecule has 0 unspecified atom stereocenters. The monoisotopic (exact) mass is 432 g/mol. The summed E-state index contributed by atoms with van der Waals surface area (Å²) in [6.07, 6.45) is 3.44. The van der Waals surface area contributed by atoms with Crippen molar-refractivity contribution in [2.75, 3.05) is 26.4 Å². The molecule has 0 spiro atoms. The molecular weight excluding hydrogens is 412 g/mol. The van der Waals surface area contributed by atoms with Crippen LogP contribution in [-0.2, 0) is 9.53 Å². The minimum absolute atomic E-state index is 0.0336. The Morgan fingerprint density at radius 1 is 1.31 bits per heavy atom. The molecule has 1 fully saturated rings. The zero-order valence-corrected chi connectivity index (χ0v) is 17.4. The zero-order valence-electron chi connectivity index (χ0n) is 17.4. The summed E-state index contributed by atoms with van der Waals surface area (Å²) in [5.74, 6) is 4.84. The van der Waals surface area contributed by atoms with Crippen LogP contribution >= 0.6 is 0 Å². The van der Waals surface area contributed by atoms with E-state index in [1.165, 1.54) is 16.7 Å². The number of carbonyl (C=O) groups is 2. The number of aromatic nitrogens is 4. The summed E-state index contributed by atoms with van der Waals surface area (Å²) in [7, 11) is 2.86. The molecule has 32 heavy (non-hydrogen) atoms. The first-order valence-electron chi connectivity index (χ1n) is 9.70. The molecule has 0 aliphatic carbocycles. The van der Waals surface area contributed by atoms with Crippen molar-refractivity contribution >= 4 is 17.6 Å². The fraction of sp³-hybridized carbons (Fsp3) is 0.227. The Morgan fingerprint density at radius 2 is 2.12 bits per heavy atom. The van der Waals surface area contributed by atoms with Crippen molar-refractivity contribution in [3.05, 3.63) is 54.0 Å². The maximum atomic E-state index is 12.2. The van der Waals surface area contributed by atoms with Gasteiger partial charge in [0.25, 0.3) is 5.91 Å². The largest absolute Gasteiger partial charge is 0.464 e. The van der Waals surface area contributed by atoms with Crippen molar-refractivity contribution in [3.63, 3.8) is 0 Å². The van der Waals surface area contributed by atoms with Gasteiger partial charge in [-0.25, -0.2) is 19.4 Å². The summed E-state index contributed by atoms with van der Waals surface area (Å²) < 4.78 is 6.23. The number of likely N-dealkylation sites (N-methyl/N-ethyl adjacent to an activating group) is 1. The van der Waals surface area contributed by atoms with Crippen LogP contribution in [-0.4, -0.2) is 67.9 Å². The first-order valence-corrected chi connectivity index (χ1v) is 9.70. The van der Waals surface area contributed by atoms with Gasteiger partial charge in [0.05, 0.1) is 7.11 Å². The fourth-order valence-corrected chi connectivity index (χ4v) is 3.29. The van der Waals surface area contributed by atoms with Crippen LogP contribution in [0.4, 0.5) is 5.69 Å². The highest BCUT2D eigenvalue weighted by Crippen LogP contribution is 2.25. The molecule has 0 saturated carbocycles. The van der Waals surface area contributed by atoms with Crippen molar-refractivity contribution in [1.82, 2.24) is 24.6 Å². The Labute approximate surface area is 183 Å². The number of anilines is 1. The molecule has 3 heterocycles. The molecule has 0 radical (unpaired) electrons. The molecule has 3 aromatic rings. The van der Waals surface area contributed by atoms with Gasteiger partial charge in [-0.3, -0.25) is 4.79 Å². The normalized spacial score (nSPS) is 17.7. The fourth-order valence-electron chi connectivity index (χ4n) is 3.29. The number of esters is 1. The number of methoxy groups -OCH3 is 1. The number of benzene rings is 1. The first-order chi connectivity index (χ1) is 15.3. The molecular formula is C22H20N6O4. The van der Waals surface area contributed by atoms with Crippen LogP contribution in [0.15, 0.2) is 42.7 Å². The van der Waals surface area contributed by atoms with Gasteiger partial charge >= 0.3 is 5.97 Å². The van der Waals surface area contributed by atoms with Crippen LogP contribution in [0, 0.1) is 11.8 Å². The molecule has 2 aromatic heterocycles. The number of nitrogens with zero attached hydrogens (tertiary/aromatic N) is 5. The third kappa shape index (κ3) is 3.77. The minimum Gasteiger partial charge on any atom is -0.464 e. The standard InChI is InChI=1S/C22H20N6O4/c1-27-12-9-22(31,21(27)30)8-7-14-5-3-6-15(13-14)18-25-17(20(29)32-2)16(23)19(26-18)28-11-4-10-24-28/h3-6,10-11,13,31H,9,12,23H2,1-2H3/t22-/m0/s1. The average molecular weight is 432 g/mol. The van der Waals surface area contributed by atoms with Crippen molar-refractivity contribution in [3.8, 4) is 29.0 Å². The van der Waals surface area contributed by atoms with Gasteiger partial charge in [0.2, 0.25) is 5.60 Å². The Hall–Kier alpha value is -4.23. The molecule has 10 nitrogen and oxygen atoms in total. The zero-order chi connectivity index (χ0) is 22.9. The predicted octanol–water partition coefficient (Wildman–Crippen LogP) is 0.643. The summed E-state index contributed by atoms with van der Waals surface area (Å²) in [5, 5.41) is 14.6. The highest BCUT2D eigenvalue weighted by atomic mass is 16.5. The van der Waals surface area contributed by atoms with Crippen molar-refractivity contribution in [2.24, 2.45) is 0 Å². The van der Waals surface area contributed by atoms with Gasteiger partial charge in [-0.15, -0.1) is 0 Å². The van der Waals surface area contributed by atoms with Gasteiger partial charge in [0.15, 0.2) is 17.3 Å². The van der Waals surface area contributed by atoms with E-state index in [2.05, 4.69) is 26.9 Å². The van der Waals surface area contributed by atoms with Crippen molar-refractivity contribution < 1.29 is 19.4 Å². The number of hydrogen-bond acceptors (Lipinski definition) is 8. The van der Waals surface area contributed by atoms with Gasteiger partial charge in [0.1, 0.15) is 5.69 Å². The maximum Gasteiger partial charge on any atom is 0.359 e. The van der Waals surface area contributed by atoms with E-state index in [-0.39, 0.29) is 29.4 Å². The quantitative estimate of drug-likeness (QED) is 0.455.